The number of hydrogen-bond acceptors (Lipinski definition) is 2. The fraction of sp³-hybridized carbons (Fsp3) is 0.545. The average Bonchev–Trinajstić information content (AvgIpc) is 2.18. The molecule has 1 heterocycles. The second-order valence-corrected chi connectivity index (χ2v) is 3.99. The van der Waals surface area contributed by atoms with Gasteiger partial charge in [0.2, 0.25) is 0 Å². The Morgan fingerprint density at radius 1 is 1.57 bits per heavy atom. The summed E-state index contributed by atoms with van der Waals surface area (Å²) in [6.07, 6.45) is 9.04. The summed E-state index contributed by atoms with van der Waals surface area (Å²) in [7, 11) is 1.88. The molecule has 2 aliphatic rings. The molecule has 14 heavy (non-hydrogen) atoms. The lowest BCUT2D eigenvalue weighted by atomic mass is 9.85. The molecule has 2 unspecified atom stereocenters. The number of nitrogens with zero attached hydrogens (tertiary/aromatic N) is 1. The number of likely N-dealkylation sites (tertiary alicyclic amines) is 1. The predicted molar refractivity (Wildman–Crippen MR) is 53.8 cm³/mol. The van der Waals surface area contributed by atoms with Crippen LogP contribution in [0.1, 0.15) is 19.3 Å². The second-order valence-electron chi connectivity index (χ2n) is 3.99. The number of aliphatic carboxylic acids is 1. The van der Waals surface area contributed by atoms with Gasteiger partial charge in [0.05, 0.1) is 0 Å². The Bertz CT molecular complexity index is 306. The summed E-state index contributed by atoms with van der Waals surface area (Å²) in [4.78, 5) is 12.9. The lowest BCUT2D eigenvalue weighted by molar-refractivity contribution is -0.143. The van der Waals surface area contributed by atoms with Crippen LogP contribution in [0.5, 0.6) is 0 Å². The lowest BCUT2D eigenvalue weighted by Gasteiger charge is -2.39. The maximum atomic E-state index is 11.0. The van der Waals surface area contributed by atoms with Crippen LogP contribution in [0.3, 0.4) is 0 Å². The number of rotatable bonds is 1. The molecule has 0 spiro atoms. The predicted octanol–water partition coefficient (Wildman–Crippen LogP) is 1.63. The Hall–Kier alpha value is -1.25. The molecule has 1 aliphatic carbocycles. The van der Waals surface area contributed by atoms with Gasteiger partial charge >= 0.3 is 5.97 Å². The second kappa shape index (κ2) is 3.48. The van der Waals surface area contributed by atoms with Crippen molar-refractivity contribution in [1.82, 2.24) is 4.90 Å². The van der Waals surface area contributed by atoms with Gasteiger partial charge in [0.15, 0.2) is 0 Å². The van der Waals surface area contributed by atoms with E-state index in [1.807, 2.05) is 24.1 Å². The number of piperidine rings is 1. The standard InChI is InChI=1S/C11H15NO2/c1-12-9-5-3-2-4-8(9)6-7-10(12)11(13)14/h2-3,5,8,10H,4,6-7H2,1H3,(H,13,14). The van der Waals surface area contributed by atoms with Gasteiger partial charge in [-0.1, -0.05) is 12.2 Å². The third kappa shape index (κ3) is 1.43. The first-order valence-electron chi connectivity index (χ1n) is 5.02. The monoisotopic (exact) mass is 193 g/mol. The zero-order valence-corrected chi connectivity index (χ0v) is 8.31. The normalized spacial score (nSPS) is 30.9. The zero-order chi connectivity index (χ0) is 10.1. The quantitative estimate of drug-likeness (QED) is 0.688. The molecule has 0 saturated carbocycles. The molecule has 3 heteroatoms. The van der Waals surface area contributed by atoms with Gasteiger partial charge in [0.25, 0.3) is 0 Å². The van der Waals surface area contributed by atoms with Gasteiger partial charge in [-0.3, -0.25) is 0 Å². The Morgan fingerprint density at radius 2 is 2.36 bits per heavy atom. The highest BCUT2D eigenvalue weighted by atomic mass is 16.4. The number of carboxylic acid groups (broad SMARTS) is 1. The molecule has 76 valence electrons. The van der Waals surface area contributed by atoms with Crippen LogP contribution in [-0.2, 0) is 4.79 Å². The Morgan fingerprint density at radius 3 is 3.07 bits per heavy atom. The largest absolute Gasteiger partial charge is 0.480 e. The zero-order valence-electron chi connectivity index (χ0n) is 8.31. The Balaban J connectivity index is 2.21. The van der Waals surface area contributed by atoms with Crippen molar-refractivity contribution in [2.24, 2.45) is 5.92 Å². The van der Waals surface area contributed by atoms with Crippen LogP contribution in [0.4, 0.5) is 0 Å². The summed E-state index contributed by atoms with van der Waals surface area (Å²) >= 11 is 0. The molecular formula is C11H15NO2. The fourth-order valence-corrected chi connectivity index (χ4v) is 2.36. The highest BCUT2D eigenvalue weighted by Crippen LogP contribution is 2.34. The van der Waals surface area contributed by atoms with Gasteiger partial charge in [-0.15, -0.1) is 0 Å². The fourth-order valence-electron chi connectivity index (χ4n) is 2.36. The van der Waals surface area contributed by atoms with Gasteiger partial charge in [-0.2, -0.15) is 0 Å². The van der Waals surface area contributed by atoms with Crippen LogP contribution in [0, 0.1) is 5.92 Å². The molecule has 0 aromatic rings. The van der Waals surface area contributed by atoms with Crippen LogP contribution in [0.15, 0.2) is 23.9 Å². The van der Waals surface area contributed by atoms with E-state index in [-0.39, 0.29) is 6.04 Å². The van der Waals surface area contributed by atoms with E-state index in [9.17, 15) is 4.79 Å². The molecule has 1 fully saturated rings. The highest BCUT2D eigenvalue weighted by Gasteiger charge is 2.33. The summed E-state index contributed by atoms with van der Waals surface area (Å²) in [5.41, 5.74) is 1.19. The van der Waals surface area contributed by atoms with Gasteiger partial charge in [0, 0.05) is 18.7 Å². The van der Waals surface area contributed by atoms with Crippen molar-refractivity contribution < 1.29 is 9.90 Å². The molecule has 0 bridgehead atoms. The molecule has 1 saturated heterocycles. The number of likely N-dealkylation sites (N-methyl/N-ethyl adjacent to an activating group) is 1. The van der Waals surface area contributed by atoms with Gasteiger partial charge in [-0.05, 0) is 25.3 Å². The molecule has 2 rings (SSSR count). The topological polar surface area (TPSA) is 40.5 Å². The number of carboxylic acids is 1. The first kappa shape index (κ1) is 9.31. The number of allylic oxidation sites excluding steroid dienone is 4. The summed E-state index contributed by atoms with van der Waals surface area (Å²) in [6, 6.07) is -0.330. The van der Waals surface area contributed by atoms with Crippen LogP contribution >= 0.6 is 0 Å². The molecule has 0 amide bonds. The van der Waals surface area contributed by atoms with Crippen molar-refractivity contribution in [2.75, 3.05) is 7.05 Å². The van der Waals surface area contributed by atoms with Crippen molar-refractivity contribution >= 4 is 5.97 Å². The maximum Gasteiger partial charge on any atom is 0.326 e. The maximum absolute atomic E-state index is 11.0. The smallest absolute Gasteiger partial charge is 0.326 e. The van der Waals surface area contributed by atoms with Crippen molar-refractivity contribution in [3.05, 3.63) is 23.9 Å². The minimum atomic E-state index is -0.707. The minimum absolute atomic E-state index is 0.330. The third-order valence-electron chi connectivity index (χ3n) is 3.19. The van der Waals surface area contributed by atoms with E-state index in [0.29, 0.717) is 5.92 Å². The van der Waals surface area contributed by atoms with Crippen LogP contribution in [0.25, 0.3) is 0 Å². The van der Waals surface area contributed by atoms with E-state index in [1.165, 1.54) is 5.70 Å². The van der Waals surface area contributed by atoms with E-state index in [1.54, 1.807) is 0 Å². The van der Waals surface area contributed by atoms with E-state index in [0.717, 1.165) is 19.3 Å². The van der Waals surface area contributed by atoms with Crippen LogP contribution < -0.4 is 0 Å². The summed E-state index contributed by atoms with van der Waals surface area (Å²) in [5, 5.41) is 9.01. The van der Waals surface area contributed by atoms with E-state index < -0.39 is 5.97 Å². The van der Waals surface area contributed by atoms with E-state index in [4.69, 9.17) is 5.11 Å². The molecule has 3 nitrogen and oxygen atoms in total. The van der Waals surface area contributed by atoms with E-state index >= 15 is 0 Å². The molecule has 1 aliphatic heterocycles. The van der Waals surface area contributed by atoms with E-state index in [2.05, 4.69) is 6.08 Å². The molecule has 0 aromatic carbocycles. The van der Waals surface area contributed by atoms with Crippen LogP contribution in [0.2, 0.25) is 0 Å². The van der Waals surface area contributed by atoms with Gasteiger partial charge < -0.3 is 10.0 Å². The Labute approximate surface area is 83.7 Å². The molecule has 1 N–H and O–H groups in total. The lowest BCUT2D eigenvalue weighted by Crippen LogP contribution is -2.43. The highest BCUT2D eigenvalue weighted by molar-refractivity contribution is 5.74. The molecule has 2 atom stereocenters. The number of hydrogen-bond donors (Lipinski definition) is 1. The first-order valence-corrected chi connectivity index (χ1v) is 5.02. The summed E-state index contributed by atoms with van der Waals surface area (Å²) in [5.74, 6) is -0.165. The SMILES string of the molecule is CN1C2=CC=CCC2CCC1C(=O)O. The van der Waals surface area contributed by atoms with Crippen molar-refractivity contribution in [2.45, 2.75) is 25.3 Å². The molecular weight excluding hydrogens is 178 g/mol. The Kier molecular flexibility index (Phi) is 2.32. The van der Waals surface area contributed by atoms with Crippen molar-refractivity contribution in [3.8, 4) is 0 Å². The third-order valence-corrected chi connectivity index (χ3v) is 3.19. The first-order chi connectivity index (χ1) is 6.70. The summed E-state index contributed by atoms with van der Waals surface area (Å²) < 4.78 is 0. The average molecular weight is 193 g/mol. The molecule has 0 radical (unpaired) electrons. The molecule has 0 aromatic heterocycles. The van der Waals surface area contributed by atoms with Crippen LogP contribution in [-0.4, -0.2) is 29.1 Å². The van der Waals surface area contributed by atoms with Gasteiger partial charge in [0.1, 0.15) is 6.04 Å². The number of fused-ring (bicyclic) bond motifs is 1. The van der Waals surface area contributed by atoms with Crippen molar-refractivity contribution in [3.63, 3.8) is 0 Å². The van der Waals surface area contributed by atoms with Gasteiger partial charge in [-0.25, -0.2) is 4.79 Å². The van der Waals surface area contributed by atoms with Crippen molar-refractivity contribution in [1.29, 1.82) is 0 Å². The summed E-state index contributed by atoms with van der Waals surface area (Å²) in [6.45, 7) is 0. The number of carbonyl (C=O) groups is 1. The minimum Gasteiger partial charge on any atom is -0.480 e.